The first-order chi connectivity index (χ1) is 12.7. The molecule has 7 nitrogen and oxygen atoms in total. The fourth-order valence-electron chi connectivity index (χ4n) is 2.42. The van der Waals surface area contributed by atoms with Gasteiger partial charge in [0.05, 0.1) is 13.1 Å². The molecular weight excluding hydrogens is 335 g/mol. The minimum absolute atomic E-state index is 0.118. The number of nitrogens with zero attached hydrogens (tertiary/aromatic N) is 4. The minimum Gasteiger partial charge on any atom is -0.489 e. The van der Waals surface area contributed by atoms with Gasteiger partial charge < -0.3 is 15.4 Å². The predicted molar refractivity (Wildman–Crippen MR) is 97.7 cm³/mol. The van der Waals surface area contributed by atoms with E-state index < -0.39 is 0 Å². The molecule has 1 atom stereocenters. The normalized spacial score (nSPS) is 12.8. The second kappa shape index (κ2) is 8.28. The van der Waals surface area contributed by atoms with Gasteiger partial charge in [-0.2, -0.15) is 0 Å². The summed E-state index contributed by atoms with van der Waals surface area (Å²) in [7, 11) is 1.70. The summed E-state index contributed by atoms with van der Waals surface area (Å²) in [5.74, 6) is 1.76. The summed E-state index contributed by atoms with van der Waals surface area (Å²) in [5.41, 5.74) is 0.800. The van der Waals surface area contributed by atoms with E-state index in [1.54, 1.807) is 19.2 Å². The van der Waals surface area contributed by atoms with Crippen LogP contribution in [0.3, 0.4) is 0 Å². The molecule has 0 aliphatic heterocycles. The first kappa shape index (κ1) is 17.7. The monoisotopic (exact) mass is 356 g/mol. The molecule has 0 aliphatic carbocycles. The smallest absolute Gasteiger partial charge is 0.191 e. The summed E-state index contributed by atoms with van der Waals surface area (Å²) in [4.78, 5) is 4.19. The Kier molecular flexibility index (Phi) is 5.62. The Labute approximate surface area is 150 Å². The first-order valence-electron chi connectivity index (χ1n) is 8.31. The zero-order valence-corrected chi connectivity index (χ0v) is 14.7. The van der Waals surface area contributed by atoms with Gasteiger partial charge in [-0.3, -0.25) is 9.39 Å². The van der Waals surface area contributed by atoms with Crippen molar-refractivity contribution in [1.82, 2.24) is 25.2 Å². The van der Waals surface area contributed by atoms with Crippen LogP contribution >= 0.6 is 0 Å². The van der Waals surface area contributed by atoms with Crippen molar-refractivity contribution in [3.63, 3.8) is 0 Å². The van der Waals surface area contributed by atoms with Crippen LogP contribution in [-0.4, -0.2) is 40.3 Å². The molecule has 3 aromatic rings. The van der Waals surface area contributed by atoms with E-state index in [2.05, 4.69) is 25.8 Å². The molecule has 0 saturated heterocycles. The third kappa shape index (κ3) is 4.47. The van der Waals surface area contributed by atoms with E-state index in [9.17, 15) is 4.39 Å². The van der Waals surface area contributed by atoms with Crippen molar-refractivity contribution < 1.29 is 9.13 Å². The highest BCUT2D eigenvalue weighted by molar-refractivity contribution is 5.79. The van der Waals surface area contributed by atoms with Gasteiger partial charge in [0.25, 0.3) is 0 Å². The molecule has 1 aromatic carbocycles. The second-order valence-corrected chi connectivity index (χ2v) is 5.73. The number of aromatic nitrogens is 3. The van der Waals surface area contributed by atoms with E-state index in [-0.39, 0.29) is 11.9 Å². The third-order valence-electron chi connectivity index (χ3n) is 3.73. The summed E-state index contributed by atoms with van der Waals surface area (Å²) in [6.07, 6.45) is 1.80. The summed E-state index contributed by atoms with van der Waals surface area (Å²) in [5, 5.41) is 14.7. The largest absolute Gasteiger partial charge is 0.489 e. The average molecular weight is 356 g/mol. The molecule has 2 N–H and O–H groups in total. The molecule has 26 heavy (non-hydrogen) atoms. The molecule has 0 fully saturated rings. The fourth-order valence-corrected chi connectivity index (χ4v) is 2.42. The topological polar surface area (TPSA) is 75.8 Å². The standard InChI is InChI=1S/C18H21FN6O/c1-13(26-15-8-6-14(19)7-9-15)11-21-18(20-2)22-12-17-24-23-16-5-3-4-10-25(16)17/h3-10,13H,11-12H2,1-2H3,(H2,20,21,22). The van der Waals surface area contributed by atoms with Gasteiger partial charge in [-0.25, -0.2) is 4.39 Å². The van der Waals surface area contributed by atoms with E-state index in [4.69, 9.17) is 4.74 Å². The molecule has 0 aliphatic rings. The lowest BCUT2D eigenvalue weighted by atomic mass is 10.3. The summed E-state index contributed by atoms with van der Waals surface area (Å²) in [6.45, 7) is 2.95. The van der Waals surface area contributed by atoms with Crippen LogP contribution in [0.5, 0.6) is 5.75 Å². The minimum atomic E-state index is -0.284. The average Bonchev–Trinajstić information content (AvgIpc) is 3.07. The predicted octanol–water partition coefficient (Wildman–Crippen LogP) is 2.00. The Morgan fingerprint density at radius 3 is 2.77 bits per heavy atom. The maximum absolute atomic E-state index is 12.9. The van der Waals surface area contributed by atoms with E-state index >= 15 is 0 Å². The van der Waals surface area contributed by atoms with Crippen molar-refractivity contribution in [2.45, 2.75) is 19.6 Å². The quantitative estimate of drug-likeness (QED) is 0.522. The van der Waals surface area contributed by atoms with E-state index in [1.165, 1.54) is 12.1 Å². The number of halogens is 1. The molecule has 1 unspecified atom stereocenters. The number of ether oxygens (including phenoxy) is 1. The van der Waals surface area contributed by atoms with Crippen molar-refractivity contribution in [3.05, 3.63) is 60.3 Å². The third-order valence-corrected chi connectivity index (χ3v) is 3.73. The highest BCUT2D eigenvalue weighted by Gasteiger charge is 2.08. The number of fused-ring (bicyclic) bond motifs is 1. The van der Waals surface area contributed by atoms with Crippen molar-refractivity contribution in [3.8, 4) is 5.75 Å². The molecule has 2 heterocycles. The van der Waals surface area contributed by atoms with Crippen molar-refractivity contribution in [2.24, 2.45) is 4.99 Å². The zero-order chi connectivity index (χ0) is 18.4. The lowest BCUT2D eigenvalue weighted by Crippen LogP contribution is -2.41. The summed E-state index contributed by atoms with van der Waals surface area (Å²) < 4.78 is 20.6. The van der Waals surface area contributed by atoms with Crippen molar-refractivity contribution in [1.29, 1.82) is 0 Å². The molecule has 8 heteroatoms. The van der Waals surface area contributed by atoms with Crippen LogP contribution in [0.2, 0.25) is 0 Å². The van der Waals surface area contributed by atoms with Crippen LogP contribution in [0.25, 0.3) is 5.65 Å². The molecule has 2 aromatic heterocycles. The van der Waals surface area contributed by atoms with E-state index in [0.717, 1.165) is 11.5 Å². The van der Waals surface area contributed by atoms with Gasteiger partial charge in [0.15, 0.2) is 17.4 Å². The SMILES string of the molecule is CN=C(NCc1nnc2ccccn12)NCC(C)Oc1ccc(F)cc1. The Morgan fingerprint density at radius 1 is 1.19 bits per heavy atom. The number of nitrogens with one attached hydrogen (secondary N) is 2. The molecule has 0 radical (unpaired) electrons. The van der Waals surface area contributed by atoms with Gasteiger partial charge in [0.2, 0.25) is 0 Å². The Hall–Kier alpha value is -3.16. The van der Waals surface area contributed by atoms with Gasteiger partial charge in [-0.1, -0.05) is 6.07 Å². The summed E-state index contributed by atoms with van der Waals surface area (Å²) >= 11 is 0. The number of rotatable bonds is 6. The van der Waals surface area contributed by atoms with Crippen LogP contribution in [0.4, 0.5) is 4.39 Å². The van der Waals surface area contributed by atoms with E-state index in [0.29, 0.717) is 24.8 Å². The molecule has 0 bridgehead atoms. The highest BCUT2D eigenvalue weighted by Crippen LogP contribution is 2.12. The van der Waals surface area contributed by atoms with Crippen LogP contribution in [0, 0.1) is 5.82 Å². The van der Waals surface area contributed by atoms with E-state index in [1.807, 2.05) is 35.7 Å². The van der Waals surface area contributed by atoms with Gasteiger partial charge in [-0.05, 0) is 43.3 Å². The van der Waals surface area contributed by atoms with Crippen LogP contribution in [0.1, 0.15) is 12.7 Å². The van der Waals surface area contributed by atoms with Crippen LogP contribution in [0.15, 0.2) is 53.7 Å². The molecule has 0 amide bonds. The fraction of sp³-hybridized carbons (Fsp3) is 0.278. The molecular formula is C18H21FN6O. The van der Waals surface area contributed by atoms with Gasteiger partial charge >= 0.3 is 0 Å². The van der Waals surface area contributed by atoms with Crippen molar-refractivity contribution >= 4 is 11.6 Å². The van der Waals surface area contributed by atoms with Crippen LogP contribution < -0.4 is 15.4 Å². The van der Waals surface area contributed by atoms with Gasteiger partial charge in [0, 0.05) is 13.2 Å². The zero-order valence-electron chi connectivity index (χ0n) is 14.7. The van der Waals surface area contributed by atoms with Crippen molar-refractivity contribution in [2.75, 3.05) is 13.6 Å². The Balaban J connectivity index is 1.49. The number of benzene rings is 1. The lowest BCUT2D eigenvalue weighted by molar-refractivity contribution is 0.223. The Bertz CT molecular complexity index is 877. The molecule has 0 saturated carbocycles. The summed E-state index contributed by atoms with van der Waals surface area (Å²) in [6, 6.07) is 11.7. The maximum atomic E-state index is 12.9. The number of guanidine groups is 1. The Morgan fingerprint density at radius 2 is 2.00 bits per heavy atom. The van der Waals surface area contributed by atoms with Gasteiger partial charge in [0.1, 0.15) is 17.7 Å². The van der Waals surface area contributed by atoms with Crippen LogP contribution in [-0.2, 0) is 6.54 Å². The number of hydrogen-bond donors (Lipinski definition) is 2. The number of hydrogen-bond acceptors (Lipinski definition) is 4. The number of pyridine rings is 1. The second-order valence-electron chi connectivity index (χ2n) is 5.73. The molecule has 0 spiro atoms. The maximum Gasteiger partial charge on any atom is 0.191 e. The first-order valence-corrected chi connectivity index (χ1v) is 8.31. The molecule has 136 valence electrons. The number of aliphatic imine (C=N–C) groups is 1. The highest BCUT2D eigenvalue weighted by atomic mass is 19.1. The van der Waals surface area contributed by atoms with Gasteiger partial charge in [-0.15, -0.1) is 10.2 Å². The molecule has 3 rings (SSSR count). The lowest BCUT2D eigenvalue weighted by Gasteiger charge is -2.17.